The molecule has 1 heterocycles. The van der Waals surface area contributed by atoms with Gasteiger partial charge in [-0.3, -0.25) is 9.59 Å². The average Bonchev–Trinajstić information content (AvgIpc) is 3.05. The Labute approximate surface area is 138 Å². The van der Waals surface area contributed by atoms with Crippen LogP contribution in [0.25, 0.3) is 0 Å². The highest BCUT2D eigenvalue weighted by Crippen LogP contribution is 2.10. The first-order valence-electron chi connectivity index (χ1n) is 6.98. The minimum Gasteiger partial charge on any atom is -0.354 e. The maximum absolute atomic E-state index is 11.7. The zero-order valence-electron chi connectivity index (χ0n) is 12.0. The summed E-state index contributed by atoms with van der Waals surface area (Å²) in [5.74, 6) is -0.134. The van der Waals surface area contributed by atoms with Crippen LogP contribution in [-0.4, -0.2) is 24.9 Å². The van der Waals surface area contributed by atoms with Crippen molar-refractivity contribution in [2.75, 3.05) is 13.1 Å². The fourth-order valence-corrected chi connectivity index (χ4v) is 2.64. The summed E-state index contributed by atoms with van der Waals surface area (Å²) in [7, 11) is 0. The second-order valence-corrected chi connectivity index (χ2v) is 6.09. The van der Waals surface area contributed by atoms with Gasteiger partial charge in [-0.15, -0.1) is 11.3 Å². The molecule has 116 valence electrons. The summed E-state index contributed by atoms with van der Waals surface area (Å²) in [6.07, 6.45) is 1.09. The largest absolute Gasteiger partial charge is 0.354 e. The van der Waals surface area contributed by atoms with Gasteiger partial charge >= 0.3 is 0 Å². The third-order valence-corrected chi connectivity index (χ3v) is 4.15. The van der Waals surface area contributed by atoms with Crippen LogP contribution in [0.2, 0.25) is 5.02 Å². The maximum Gasteiger partial charge on any atom is 0.261 e. The first-order chi connectivity index (χ1) is 10.6. The molecule has 0 saturated heterocycles. The predicted octanol–water partition coefficient (Wildman–Crippen LogP) is 2.88. The van der Waals surface area contributed by atoms with E-state index in [-0.39, 0.29) is 11.8 Å². The Balaban J connectivity index is 1.59. The van der Waals surface area contributed by atoms with Gasteiger partial charge in [-0.25, -0.2) is 0 Å². The van der Waals surface area contributed by atoms with E-state index in [4.69, 9.17) is 11.6 Å². The van der Waals surface area contributed by atoms with Gasteiger partial charge in [-0.1, -0.05) is 29.8 Å². The number of nitrogens with one attached hydrogen (secondary N) is 2. The van der Waals surface area contributed by atoms with Crippen molar-refractivity contribution in [1.82, 2.24) is 10.6 Å². The Bertz CT molecular complexity index is 612. The van der Waals surface area contributed by atoms with Crippen molar-refractivity contribution in [2.45, 2.75) is 12.8 Å². The number of halogens is 1. The molecule has 4 nitrogen and oxygen atoms in total. The summed E-state index contributed by atoms with van der Waals surface area (Å²) >= 11 is 7.20. The van der Waals surface area contributed by atoms with Crippen molar-refractivity contribution in [2.24, 2.45) is 0 Å². The second-order valence-electron chi connectivity index (χ2n) is 4.71. The van der Waals surface area contributed by atoms with Crippen LogP contribution in [0.4, 0.5) is 0 Å². The van der Waals surface area contributed by atoms with Crippen LogP contribution in [0.1, 0.15) is 21.7 Å². The molecule has 2 rings (SSSR count). The van der Waals surface area contributed by atoms with Crippen molar-refractivity contribution in [3.8, 4) is 0 Å². The summed E-state index contributed by atoms with van der Waals surface area (Å²) in [4.78, 5) is 24.0. The van der Waals surface area contributed by atoms with E-state index < -0.39 is 0 Å². The SMILES string of the molecule is O=C(CCc1ccc(Cl)cc1)NCCNC(=O)c1cccs1. The molecule has 2 aromatic rings. The minimum absolute atomic E-state index is 0.0275. The quantitative estimate of drug-likeness (QED) is 0.764. The third-order valence-electron chi connectivity index (χ3n) is 3.03. The first kappa shape index (κ1) is 16.5. The molecule has 1 aromatic heterocycles. The summed E-state index contributed by atoms with van der Waals surface area (Å²) < 4.78 is 0. The lowest BCUT2D eigenvalue weighted by Crippen LogP contribution is -2.34. The van der Waals surface area contributed by atoms with Crippen LogP contribution in [0.3, 0.4) is 0 Å². The molecule has 0 unspecified atom stereocenters. The number of hydrogen-bond acceptors (Lipinski definition) is 3. The molecule has 0 bridgehead atoms. The Morgan fingerprint density at radius 1 is 1.05 bits per heavy atom. The second kappa shape index (κ2) is 8.56. The van der Waals surface area contributed by atoms with Crippen LogP contribution < -0.4 is 10.6 Å². The molecule has 2 N–H and O–H groups in total. The van der Waals surface area contributed by atoms with Gasteiger partial charge in [0.2, 0.25) is 5.91 Å². The van der Waals surface area contributed by atoms with E-state index in [0.717, 1.165) is 5.56 Å². The highest BCUT2D eigenvalue weighted by molar-refractivity contribution is 7.12. The van der Waals surface area contributed by atoms with E-state index >= 15 is 0 Å². The standard InChI is InChI=1S/C16H17ClN2O2S/c17-13-6-3-12(4-7-13)5-8-15(20)18-9-10-19-16(21)14-2-1-11-22-14/h1-4,6-7,11H,5,8-10H2,(H,18,20)(H,19,21). The van der Waals surface area contributed by atoms with Gasteiger partial charge < -0.3 is 10.6 Å². The zero-order chi connectivity index (χ0) is 15.8. The molecule has 22 heavy (non-hydrogen) atoms. The number of thiophene rings is 1. The fourth-order valence-electron chi connectivity index (χ4n) is 1.87. The molecular formula is C16H17ClN2O2S. The highest BCUT2D eigenvalue weighted by atomic mass is 35.5. The maximum atomic E-state index is 11.7. The average molecular weight is 337 g/mol. The molecule has 0 aliphatic heterocycles. The molecule has 0 fully saturated rings. The number of benzene rings is 1. The monoisotopic (exact) mass is 336 g/mol. The Morgan fingerprint density at radius 2 is 1.77 bits per heavy atom. The molecule has 0 saturated carbocycles. The van der Waals surface area contributed by atoms with Crippen molar-refractivity contribution < 1.29 is 9.59 Å². The van der Waals surface area contributed by atoms with Gasteiger partial charge in [0.1, 0.15) is 0 Å². The van der Waals surface area contributed by atoms with Gasteiger partial charge in [0.15, 0.2) is 0 Å². The van der Waals surface area contributed by atoms with E-state index in [9.17, 15) is 9.59 Å². The summed E-state index contributed by atoms with van der Waals surface area (Å²) in [5.41, 5.74) is 1.07. The van der Waals surface area contributed by atoms with Crippen molar-refractivity contribution in [3.05, 3.63) is 57.2 Å². The number of carbonyl (C=O) groups is 2. The molecule has 0 spiro atoms. The molecular weight excluding hydrogens is 320 g/mol. The summed E-state index contributed by atoms with van der Waals surface area (Å²) in [6, 6.07) is 11.1. The summed E-state index contributed by atoms with van der Waals surface area (Å²) in [5, 5.41) is 8.10. The zero-order valence-corrected chi connectivity index (χ0v) is 13.5. The van der Waals surface area contributed by atoms with Crippen LogP contribution >= 0.6 is 22.9 Å². The third kappa shape index (κ3) is 5.50. The van der Waals surface area contributed by atoms with Gasteiger partial charge in [-0.2, -0.15) is 0 Å². The van der Waals surface area contributed by atoms with E-state index in [1.807, 2.05) is 35.7 Å². The molecule has 6 heteroatoms. The van der Waals surface area contributed by atoms with Gasteiger partial charge in [0.25, 0.3) is 5.91 Å². The lowest BCUT2D eigenvalue weighted by molar-refractivity contribution is -0.121. The Kier molecular flexibility index (Phi) is 6.43. The number of rotatable bonds is 7. The van der Waals surface area contributed by atoms with Crippen molar-refractivity contribution >= 4 is 34.8 Å². The van der Waals surface area contributed by atoms with E-state index in [2.05, 4.69) is 10.6 Å². The molecule has 0 aliphatic rings. The lowest BCUT2D eigenvalue weighted by Gasteiger charge is -2.06. The minimum atomic E-state index is -0.106. The van der Waals surface area contributed by atoms with Crippen LogP contribution in [0.15, 0.2) is 41.8 Å². The number of amides is 2. The predicted molar refractivity (Wildman–Crippen MR) is 89.4 cm³/mol. The lowest BCUT2D eigenvalue weighted by atomic mass is 10.1. The van der Waals surface area contributed by atoms with E-state index in [1.165, 1.54) is 11.3 Å². The number of aryl methyl sites for hydroxylation is 1. The number of carbonyl (C=O) groups excluding carboxylic acids is 2. The van der Waals surface area contributed by atoms with Gasteiger partial charge in [-0.05, 0) is 35.6 Å². The molecule has 0 aliphatic carbocycles. The van der Waals surface area contributed by atoms with E-state index in [1.54, 1.807) is 6.07 Å². The molecule has 2 amide bonds. The van der Waals surface area contributed by atoms with Gasteiger partial charge in [0, 0.05) is 24.5 Å². The Morgan fingerprint density at radius 3 is 2.45 bits per heavy atom. The van der Waals surface area contributed by atoms with Crippen LogP contribution in [0, 0.1) is 0 Å². The molecule has 0 radical (unpaired) electrons. The topological polar surface area (TPSA) is 58.2 Å². The molecule has 1 aromatic carbocycles. The normalized spacial score (nSPS) is 10.2. The van der Waals surface area contributed by atoms with Crippen LogP contribution in [-0.2, 0) is 11.2 Å². The van der Waals surface area contributed by atoms with Gasteiger partial charge in [0.05, 0.1) is 4.88 Å². The van der Waals surface area contributed by atoms with Crippen LogP contribution in [0.5, 0.6) is 0 Å². The molecule has 0 atom stereocenters. The van der Waals surface area contributed by atoms with E-state index in [0.29, 0.717) is 35.8 Å². The fraction of sp³-hybridized carbons (Fsp3) is 0.250. The van der Waals surface area contributed by atoms with Crippen molar-refractivity contribution in [3.63, 3.8) is 0 Å². The highest BCUT2D eigenvalue weighted by Gasteiger charge is 2.06. The van der Waals surface area contributed by atoms with Crippen molar-refractivity contribution in [1.29, 1.82) is 0 Å². The number of hydrogen-bond donors (Lipinski definition) is 2. The Hall–Kier alpha value is -1.85. The smallest absolute Gasteiger partial charge is 0.261 e. The first-order valence-corrected chi connectivity index (χ1v) is 8.24. The summed E-state index contributed by atoms with van der Waals surface area (Å²) in [6.45, 7) is 0.847.